The molecule has 62 heavy (non-hydrogen) atoms. The summed E-state index contributed by atoms with van der Waals surface area (Å²) in [5.74, 6) is -0.00736. The van der Waals surface area contributed by atoms with Gasteiger partial charge in [0.2, 0.25) is 0 Å². The van der Waals surface area contributed by atoms with Crippen molar-refractivity contribution in [2.45, 2.75) is 323 Å². The standard InChI is InChI=1S/C56H108O6/c1-5-7-9-11-13-15-17-18-19-20-21-22-23-24-28-32-35-39-43-47-54(57)60-50-53(62-56(59)49-45-41-37-31-16-14-12-10-8-6-2)51-61-55(58)48-44-40-36-33-29-26-25-27-30-34-38-42-46-52(3)4/h52-53H,5-51H2,1-4H3/t53-/m0/s1. The van der Waals surface area contributed by atoms with Crippen molar-refractivity contribution in [1.29, 1.82) is 0 Å². The van der Waals surface area contributed by atoms with Crippen LogP contribution in [0, 0.1) is 5.92 Å². The minimum atomic E-state index is -0.760. The molecule has 0 bridgehead atoms. The van der Waals surface area contributed by atoms with Crippen LogP contribution in [-0.4, -0.2) is 37.2 Å². The Balaban J connectivity index is 4.21. The van der Waals surface area contributed by atoms with Crippen LogP contribution in [-0.2, 0) is 28.6 Å². The summed E-state index contributed by atoms with van der Waals surface area (Å²) in [5, 5.41) is 0. The van der Waals surface area contributed by atoms with Crippen molar-refractivity contribution in [2.24, 2.45) is 5.92 Å². The third-order valence-electron chi connectivity index (χ3n) is 12.8. The van der Waals surface area contributed by atoms with Gasteiger partial charge in [-0.05, 0) is 25.2 Å². The van der Waals surface area contributed by atoms with Crippen LogP contribution in [0.2, 0.25) is 0 Å². The van der Waals surface area contributed by atoms with Gasteiger partial charge in [-0.1, -0.05) is 278 Å². The molecule has 0 aliphatic rings. The van der Waals surface area contributed by atoms with Crippen LogP contribution in [0.25, 0.3) is 0 Å². The molecule has 0 rings (SSSR count). The lowest BCUT2D eigenvalue weighted by molar-refractivity contribution is -0.167. The molecule has 6 heteroatoms. The second-order valence-electron chi connectivity index (χ2n) is 19.7. The van der Waals surface area contributed by atoms with Crippen LogP contribution in [0.3, 0.4) is 0 Å². The minimum Gasteiger partial charge on any atom is -0.462 e. The van der Waals surface area contributed by atoms with E-state index in [0.29, 0.717) is 19.3 Å². The van der Waals surface area contributed by atoms with Crippen LogP contribution in [0.4, 0.5) is 0 Å². The quantitative estimate of drug-likeness (QED) is 0.0344. The van der Waals surface area contributed by atoms with Crippen molar-refractivity contribution < 1.29 is 28.6 Å². The second-order valence-corrected chi connectivity index (χ2v) is 19.7. The topological polar surface area (TPSA) is 78.9 Å². The van der Waals surface area contributed by atoms with Gasteiger partial charge in [-0.15, -0.1) is 0 Å². The van der Waals surface area contributed by atoms with E-state index in [1.165, 1.54) is 212 Å². The van der Waals surface area contributed by atoms with Gasteiger partial charge in [0, 0.05) is 19.3 Å². The number of unbranched alkanes of at least 4 members (excludes halogenated alkanes) is 38. The smallest absolute Gasteiger partial charge is 0.306 e. The molecule has 0 N–H and O–H groups in total. The molecule has 0 aliphatic heterocycles. The molecule has 0 unspecified atom stereocenters. The average Bonchev–Trinajstić information content (AvgIpc) is 3.26. The first-order chi connectivity index (χ1) is 30.4. The third-order valence-corrected chi connectivity index (χ3v) is 12.8. The third kappa shape index (κ3) is 49.4. The Hall–Kier alpha value is -1.59. The highest BCUT2D eigenvalue weighted by molar-refractivity contribution is 5.71. The molecule has 0 heterocycles. The van der Waals surface area contributed by atoms with E-state index in [4.69, 9.17) is 14.2 Å². The van der Waals surface area contributed by atoms with E-state index >= 15 is 0 Å². The highest BCUT2D eigenvalue weighted by Crippen LogP contribution is 2.18. The Kier molecular flexibility index (Phi) is 49.1. The molecule has 0 aliphatic carbocycles. The molecule has 0 radical (unpaired) electrons. The van der Waals surface area contributed by atoms with Gasteiger partial charge < -0.3 is 14.2 Å². The highest BCUT2D eigenvalue weighted by atomic mass is 16.6. The van der Waals surface area contributed by atoms with E-state index in [-0.39, 0.29) is 31.1 Å². The molecule has 0 amide bonds. The van der Waals surface area contributed by atoms with Crippen molar-refractivity contribution in [2.75, 3.05) is 13.2 Å². The number of esters is 3. The van der Waals surface area contributed by atoms with Gasteiger partial charge in [0.15, 0.2) is 6.10 Å². The summed E-state index contributed by atoms with van der Waals surface area (Å²) in [6.07, 6.45) is 53.8. The molecule has 0 aromatic heterocycles. The zero-order valence-electron chi connectivity index (χ0n) is 42.3. The Morgan fingerprint density at radius 1 is 0.306 bits per heavy atom. The van der Waals surface area contributed by atoms with Crippen LogP contribution in [0.15, 0.2) is 0 Å². The fourth-order valence-corrected chi connectivity index (χ4v) is 8.57. The minimum absolute atomic E-state index is 0.0624. The molecule has 6 nitrogen and oxygen atoms in total. The van der Waals surface area contributed by atoms with E-state index in [1.807, 2.05) is 0 Å². The average molecular weight is 877 g/mol. The van der Waals surface area contributed by atoms with Gasteiger partial charge in [0.05, 0.1) is 0 Å². The molecule has 368 valence electrons. The summed E-state index contributed by atoms with van der Waals surface area (Å²) in [5.41, 5.74) is 0. The summed E-state index contributed by atoms with van der Waals surface area (Å²) in [4.78, 5) is 38.0. The number of ether oxygens (including phenoxy) is 3. The van der Waals surface area contributed by atoms with Gasteiger partial charge in [-0.2, -0.15) is 0 Å². The molecule has 0 aromatic carbocycles. The SMILES string of the molecule is CCCCCCCCCCCCCCCCCCCCCC(=O)OC[C@@H](COC(=O)CCCCCCCCCCCCCCC(C)C)OC(=O)CCCCCCCCCCCC. The Morgan fingerprint density at radius 3 is 0.790 bits per heavy atom. The number of hydrogen-bond acceptors (Lipinski definition) is 6. The number of rotatable bonds is 51. The predicted molar refractivity (Wildman–Crippen MR) is 266 cm³/mol. The van der Waals surface area contributed by atoms with Crippen molar-refractivity contribution in [1.82, 2.24) is 0 Å². The predicted octanol–water partition coefficient (Wildman–Crippen LogP) is 18.2. The van der Waals surface area contributed by atoms with Crippen LogP contribution in [0.1, 0.15) is 317 Å². The summed E-state index contributed by atoms with van der Waals surface area (Å²) in [6.45, 7) is 9.04. The molecule has 0 spiro atoms. The molecule has 0 aromatic rings. The van der Waals surface area contributed by atoms with E-state index in [9.17, 15) is 14.4 Å². The van der Waals surface area contributed by atoms with Gasteiger partial charge in [-0.25, -0.2) is 0 Å². The van der Waals surface area contributed by atoms with Gasteiger partial charge in [0.1, 0.15) is 13.2 Å². The maximum absolute atomic E-state index is 12.8. The number of hydrogen-bond donors (Lipinski definition) is 0. The second kappa shape index (κ2) is 50.4. The lowest BCUT2D eigenvalue weighted by atomic mass is 10.0. The van der Waals surface area contributed by atoms with E-state index in [1.54, 1.807) is 0 Å². The van der Waals surface area contributed by atoms with Crippen LogP contribution >= 0.6 is 0 Å². The molecular formula is C56H108O6. The zero-order chi connectivity index (χ0) is 45.2. The van der Waals surface area contributed by atoms with Crippen molar-refractivity contribution in [3.8, 4) is 0 Å². The monoisotopic (exact) mass is 877 g/mol. The summed E-state index contributed by atoms with van der Waals surface area (Å²) in [6, 6.07) is 0. The van der Waals surface area contributed by atoms with E-state index in [0.717, 1.165) is 63.7 Å². The molecule has 0 fully saturated rings. The Bertz CT molecular complexity index is 933. The lowest BCUT2D eigenvalue weighted by Crippen LogP contribution is -2.30. The van der Waals surface area contributed by atoms with Crippen molar-refractivity contribution >= 4 is 17.9 Å². The largest absolute Gasteiger partial charge is 0.462 e. The van der Waals surface area contributed by atoms with Crippen molar-refractivity contribution in [3.63, 3.8) is 0 Å². The van der Waals surface area contributed by atoms with Gasteiger partial charge >= 0.3 is 17.9 Å². The summed E-state index contributed by atoms with van der Waals surface area (Å²) >= 11 is 0. The number of carbonyl (C=O) groups excluding carboxylic acids is 3. The Morgan fingerprint density at radius 2 is 0.532 bits per heavy atom. The lowest BCUT2D eigenvalue weighted by Gasteiger charge is -2.18. The molecular weight excluding hydrogens is 769 g/mol. The zero-order valence-corrected chi connectivity index (χ0v) is 42.3. The first-order valence-electron chi connectivity index (χ1n) is 27.9. The van der Waals surface area contributed by atoms with E-state index in [2.05, 4.69) is 27.7 Å². The van der Waals surface area contributed by atoms with Gasteiger partial charge in [-0.3, -0.25) is 14.4 Å². The summed E-state index contributed by atoms with van der Waals surface area (Å²) < 4.78 is 16.8. The van der Waals surface area contributed by atoms with Crippen molar-refractivity contribution in [3.05, 3.63) is 0 Å². The fraction of sp³-hybridized carbons (Fsp3) is 0.946. The van der Waals surface area contributed by atoms with E-state index < -0.39 is 6.10 Å². The summed E-state index contributed by atoms with van der Waals surface area (Å²) in [7, 11) is 0. The number of carbonyl (C=O) groups is 3. The molecule has 1 atom stereocenters. The first-order valence-corrected chi connectivity index (χ1v) is 27.9. The van der Waals surface area contributed by atoms with Crippen LogP contribution < -0.4 is 0 Å². The maximum Gasteiger partial charge on any atom is 0.306 e. The normalized spacial score (nSPS) is 12.0. The maximum atomic E-state index is 12.8. The molecule has 0 saturated heterocycles. The van der Waals surface area contributed by atoms with Gasteiger partial charge in [0.25, 0.3) is 0 Å². The Labute approximate surface area is 387 Å². The molecule has 0 saturated carbocycles. The van der Waals surface area contributed by atoms with Crippen LogP contribution in [0.5, 0.6) is 0 Å². The fourth-order valence-electron chi connectivity index (χ4n) is 8.57. The highest BCUT2D eigenvalue weighted by Gasteiger charge is 2.19. The first kappa shape index (κ1) is 60.4.